The standard InChI is InChI=1S/C18H22ClN3O4S2/c1-11(2)22-17(24)14-5-4-12(19)8-15(14)20-18(22)27-9-16(23)21(3)13-6-7-28(25,26)10-13/h4-5,8,11,13H,6-7,9-10H2,1-3H3/t13-/m0/s1. The van der Waals surface area contributed by atoms with Gasteiger partial charge in [-0.05, 0) is 38.5 Å². The highest BCUT2D eigenvalue weighted by Gasteiger charge is 2.32. The van der Waals surface area contributed by atoms with Crippen LogP contribution in [0, 0.1) is 0 Å². The normalized spacial score (nSPS) is 18.7. The van der Waals surface area contributed by atoms with E-state index in [0.29, 0.717) is 27.5 Å². The smallest absolute Gasteiger partial charge is 0.262 e. The molecule has 0 N–H and O–H groups in total. The van der Waals surface area contributed by atoms with Crippen LogP contribution in [0.25, 0.3) is 10.9 Å². The molecule has 1 aromatic heterocycles. The van der Waals surface area contributed by atoms with Crippen molar-refractivity contribution in [2.45, 2.75) is 37.5 Å². The quantitative estimate of drug-likeness (QED) is 0.520. The molecular weight excluding hydrogens is 422 g/mol. The van der Waals surface area contributed by atoms with Crippen molar-refractivity contribution in [2.24, 2.45) is 0 Å². The van der Waals surface area contributed by atoms with E-state index >= 15 is 0 Å². The highest BCUT2D eigenvalue weighted by Crippen LogP contribution is 2.24. The Labute approximate surface area is 173 Å². The van der Waals surface area contributed by atoms with Crippen molar-refractivity contribution in [3.63, 3.8) is 0 Å². The van der Waals surface area contributed by atoms with E-state index in [1.807, 2.05) is 13.8 Å². The van der Waals surface area contributed by atoms with Crippen LogP contribution in [0.4, 0.5) is 0 Å². The van der Waals surface area contributed by atoms with Crippen molar-refractivity contribution in [3.8, 4) is 0 Å². The molecule has 10 heteroatoms. The van der Waals surface area contributed by atoms with Gasteiger partial charge in [-0.1, -0.05) is 23.4 Å². The van der Waals surface area contributed by atoms with Crippen LogP contribution >= 0.6 is 23.4 Å². The molecule has 1 aliphatic rings. The van der Waals surface area contributed by atoms with Crippen LogP contribution in [0.1, 0.15) is 26.3 Å². The van der Waals surface area contributed by atoms with Crippen LogP contribution in [-0.2, 0) is 14.6 Å². The molecule has 2 aromatic rings. The molecular formula is C18H22ClN3O4S2. The van der Waals surface area contributed by atoms with E-state index in [1.54, 1.807) is 29.8 Å². The predicted molar refractivity (Wildman–Crippen MR) is 112 cm³/mol. The second kappa shape index (κ2) is 8.04. The minimum absolute atomic E-state index is 0.00331. The summed E-state index contributed by atoms with van der Waals surface area (Å²) >= 11 is 7.20. The number of carbonyl (C=O) groups is 1. The Bertz CT molecular complexity index is 1080. The highest BCUT2D eigenvalue weighted by molar-refractivity contribution is 7.99. The van der Waals surface area contributed by atoms with Gasteiger partial charge in [0, 0.05) is 24.2 Å². The van der Waals surface area contributed by atoms with Crippen LogP contribution in [-0.4, -0.2) is 59.1 Å². The summed E-state index contributed by atoms with van der Waals surface area (Å²) in [5, 5.41) is 1.40. The summed E-state index contributed by atoms with van der Waals surface area (Å²) in [7, 11) is -1.44. The van der Waals surface area contributed by atoms with Gasteiger partial charge in [0.1, 0.15) is 0 Å². The number of hydrogen-bond acceptors (Lipinski definition) is 6. The molecule has 0 bridgehead atoms. The molecule has 0 aliphatic carbocycles. The molecule has 1 fully saturated rings. The second-order valence-corrected chi connectivity index (χ2v) is 10.8. The third kappa shape index (κ3) is 4.36. The minimum Gasteiger partial charge on any atom is -0.341 e. The van der Waals surface area contributed by atoms with Gasteiger partial charge in [0.25, 0.3) is 5.56 Å². The minimum atomic E-state index is -3.06. The van der Waals surface area contributed by atoms with Gasteiger partial charge in [-0.3, -0.25) is 14.2 Å². The number of halogens is 1. The Hall–Kier alpha value is -1.58. The molecule has 0 unspecified atom stereocenters. The van der Waals surface area contributed by atoms with Crippen LogP contribution in [0.2, 0.25) is 5.02 Å². The summed E-state index contributed by atoms with van der Waals surface area (Å²) in [6.45, 7) is 3.76. The number of nitrogens with zero attached hydrogens (tertiary/aromatic N) is 3. The summed E-state index contributed by atoms with van der Waals surface area (Å²) in [5.41, 5.74) is 0.307. The van der Waals surface area contributed by atoms with E-state index in [2.05, 4.69) is 4.98 Å². The molecule has 28 heavy (non-hydrogen) atoms. The summed E-state index contributed by atoms with van der Waals surface area (Å²) in [5.74, 6) is -0.00736. The number of rotatable bonds is 5. The third-order valence-electron chi connectivity index (χ3n) is 4.82. The Morgan fingerprint density at radius 3 is 2.75 bits per heavy atom. The Balaban J connectivity index is 1.84. The lowest BCUT2D eigenvalue weighted by molar-refractivity contribution is -0.128. The highest BCUT2D eigenvalue weighted by atomic mass is 35.5. The molecule has 0 radical (unpaired) electrons. The maximum Gasteiger partial charge on any atom is 0.262 e. The number of sulfone groups is 1. The first-order chi connectivity index (χ1) is 13.1. The van der Waals surface area contributed by atoms with Gasteiger partial charge in [0.05, 0.1) is 28.2 Å². The molecule has 2 heterocycles. The maximum absolute atomic E-state index is 12.9. The van der Waals surface area contributed by atoms with E-state index < -0.39 is 9.84 Å². The second-order valence-electron chi connectivity index (χ2n) is 7.17. The fraction of sp³-hybridized carbons (Fsp3) is 0.500. The lowest BCUT2D eigenvalue weighted by Gasteiger charge is -2.23. The largest absolute Gasteiger partial charge is 0.341 e. The summed E-state index contributed by atoms with van der Waals surface area (Å²) < 4.78 is 24.9. The lowest BCUT2D eigenvalue weighted by Crippen LogP contribution is -2.39. The Morgan fingerprint density at radius 1 is 1.43 bits per heavy atom. The SMILES string of the molecule is CC(C)n1c(SCC(=O)N(C)[C@H]2CCS(=O)(=O)C2)nc2cc(Cl)ccc2c1=O. The van der Waals surface area contributed by atoms with Gasteiger partial charge >= 0.3 is 0 Å². The van der Waals surface area contributed by atoms with Crippen LogP contribution < -0.4 is 5.56 Å². The maximum atomic E-state index is 12.9. The lowest BCUT2D eigenvalue weighted by atomic mass is 10.2. The van der Waals surface area contributed by atoms with Gasteiger partial charge in [0.15, 0.2) is 15.0 Å². The predicted octanol–water partition coefficient (Wildman–Crippen LogP) is 2.37. The van der Waals surface area contributed by atoms with E-state index in [1.165, 1.54) is 16.7 Å². The topological polar surface area (TPSA) is 89.3 Å². The molecule has 0 saturated carbocycles. The van der Waals surface area contributed by atoms with Crippen molar-refractivity contribution in [1.29, 1.82) is 0 Å². The van der Waals surface area contributed by atoms with Gasteiger partial charge in [-0.15, -0.1) is 0 Å². The molecule has 1 amide bonds. The molecule has 1 saturated heterocycles. The van der Waals surface area contributed by atoms with Gasteiger partial charge in [0.2, 0.25) is 5.91 Å². The Morgan fingerprint density at radius 2 is 2.14 bits per heavy atom. The number of aromatic nitrogens is 2. The van der Waals surface area contributed by atoms with E-state index in [4.69, 9.17) is 11.6 Å². The van der Waals surface area contributed by atoms with Crippen LogP contribution in [0.3, 0.4) is 0 Å². The number of hydrogen-bond donors (Lipinski definition) is 0. The fourth-order valence-electron chi connectivity index (χ4n) is 3.22. The first kappa shape index (κ1) is 21.1. The average molecular weight is 444 g/mol. The zero-order valence-electron chi connectivity index (χ0n) is 15.9. The summed E-state index contributed by atoms with van der Waals surface area (Å²) in [6, 6.07) is 4.51. The van der Waals surface area contributed by atoms with Gasteiger partial charge in [-0.25, -0.2) is 13.4 Å². The Kier molecular flexibility index (Phi) is 6.07. The molecule has 3 rings (SSSR count). The molecule has 1 aliphatic heterocycles. The van der Waals surface area contributed by atoms with Crippen LogP contribution in [0.5, 0.6) is 0 Å². The fourth-order valence-corrected chi connectivity index (χ4v) is 6.21. The first-order valence-corrected chi connectivity index (χ1v) is 12.1. The van der Waals surface area contributed by atoms with Crippen LogP contribution in [0.15, 0.2) is 28.2 Å². The van der Waals surface area contributed by atoms with Crippen molar-refractivity contribution >= 4 is 50.0 Å². The van der Waals surface area contributed by atoms with E-state index in [0.717, 1.165) is 0 Å². The average Bonchev–Trinajstić information content (AvgIpc) is 2.98. The number of thioether (sulfide) groups is 1. The molecule has 0 spiro atoms. The summed E-state index contributed by atoms with van der Waals surface area (Å²) in [6.07, 6.45) is 0.457. The van der Waals surface area contributed by atoms with Gasteiger partial charge < -0.3 is 4.90 Å². The van der Waals surface area contributed by atoms with E-state index in [-0.39, 0.29) is 40.8 Å². The zero-order chi connectivity index (χ0) is 20.6. The number of fused-ring (bicyclic) bond motifs is 1. The molecule has 1 aromatic carbocycles. The number of amides is 1. The summed E-state index contributed by atoms with van der Waals surface area (Å²) in [4.78, 5) is 31.5. The number of carbonyl (C=O) groups excluding carboxylic acids is 1. The van der Waals surface area contributed by atoms with Crippen molar-refractivity contribution < 1.29 is 13.2 Å². The monoisotopic (exact) mass is 443 g/mol. The third-order valence-corrected chi connectivity index (χ3v) is 7.74. The zero-order valence-corrected chi connectivity index (χ0v) is 18.3. The number of benzene rings is 1. The van der Waals surface area contributed by atoms with E-state index in [9.17, 15) is 18.0 Å². The molecule has 1 atom stereocenters. The van der Waals surface area contributed by atoms with Crippen molar-refractivity contribution in [1.82, 2.24) is 14.5 Å². The first-order valence-electron chi connectivity index (χ1n) is 8.90. The van der Waals surface area contributed by atoms with Crippen molar-refractivity contribution in [3.05, 3.63) is 33.6 Å². The molecule has 7 nitrogen and oxygen atoms in total. The van der Waals surface area contributed by atoms with Gasteiger partial charge in [-0.2, -0.15) is 0 Å². The van der Waals surface area contributed by atoms with Crippen molar-refractivity contribution in [2.75, 3.05) is 24.3 Å². The molecule has 152 valence electrons.